The van der Waals surface area contributed by atoms with Gasteiger partial charge in [0, 0.05) is 0 Å². The Morgan fingerprint density at radius 2 is 1.11 bits per heavy atom. The first-order chi connectivity index (χ1) is 13.4. The standard InChI is InChI=1S/C20H21NO6S/c1-26-19(22)17-15(13-9-5-3-6-10-13)21-16(14-11-7-4-8-12-14)18(20(23)27-2)28(17,24)25/h3-12,15-18,21H,1-2H3/t15-,16+,17-,18-/m1/s1. The summed E-state index contributed by atoms with van der Waals surface area (Å²) in [6.07, 6.45) is 0. The average Bonchev–Trinajstić information content (AvgIpc) is 2.72. The SMILES string of the molecule is COC(=O)[C@H]1[C@@H](c2ccccc2)N[C@@H](c2ccccc2)[C@H](C(=O)OC)S1(=O)=O. The van der Waals surface area contributed by atoms with Crippen LogP contribution in [0.4, 0.5) is 0 Å². The van der Waals surface area contributed by atoms with Crippen molar-refractivity contribution >= 4 is 21.8 Å². The molecule has 1 saturated heterocycles. The molecule has 3 rings (SSSR count). The van der Waals surface area contributed by atoms with Gasteiger partial charge in [-0.2, -0.15) is 0 Å². The monoisotopic (exact) mass is 403 g/mol. The molecule has 4 atom stereocenters. The lowest BCUT2D eigenvalue weighted by Gasteiger charge is -2.40. The minimum Gasteiger partial charge on any atom is -0.468 e. The average molecular weight is 403 g/mol. The summed E-state index contributed by atoms with van der Waals surface area (Å²) in [6, 6.07) is 15.7. The number of rotatable bonds is 4. The zero-order chi connectivity index (χ0) is 20.3. The van der Waals surface area contributed by atoms with Crippen LogP contribution in [0.5, 0.6) is 0 Å². The van der Waals surface area contributed by atoms with E-state index in [-0.39, 0.29) is 0 Å². The van der Waals surface area contributed by atoms with Gasteiger partial charge in [0.05, 0.1) is 26.3 Å². The normalized spacial score (nSPS) is 26.2. The lowest BCUT2D eigenvalue weighted by molar-refractivity contribution is -0.142. The second-order valence-corrected chi connectivity index (χ2v) is 8.61. The fraction of sp³-hybridized carbons (Fsp3) is 0.300. The van der Waals surface area contributed by atoms with Gasteiger partial charge in [-0.1, -0.05) is 60.7 Å². The van der Waals surface area contributed by atoms with E-state index in [1.165, 1.54) is 0 Å². The van der Waals surface area contributed by atoms with Gasteiger partial charge < -0.3 is 9.47 Å². The van der Waals surface area contributed by atoms with Crippen molar-refractivity contribution in [1.29, 1.82) is 0 Å². The molecule has 2 aromatic rings. The van der Waals surface area contributed by atoms with Crippen LogP contribution in [0, 0.1) is 0 Å². The number of esters is 2. The molecule has 0 spiro atoms. The predicted octanol–water partition coefficient (Wildman–Crippen LogP) is 1.57. The molecule has 1 N–H and O–H groups in total. The van der Waals surface area contributed by atoms with Crippen molar-refractivity contribution in [2.24, 2.45) is 0 Å². The summed E-state index contributed by atoms with van der Waals surface area (Å²) in [5, 5.41) is 0.0321. The summed E-state index contributed by atoms with van der Waals surface area (Å²) in [5.41, 5.74) is 1.21. The summed E-state index contributed by atoms with van der Waals surface area (Å²) < 4.78 is 36.4. The summed E-state index contributed by atoms with van der Waals surface area (Å²) in [7, 11) is -2.05. The number of benzene rings is 2. The van der Waals surface area contributed by atoms with E-state index in [9.17, 15) is 18.0 Å². The van der Waals surface area contributed by atoms with Crippen LogP contribution in [0.15, 0.2) is 60.7 Å². The fourth-order valence-corrected chi connectivity index (χ4v) is 5.82. The number of hydrogen-bond donors (Lipinski definition) is 1. The van der Waals surface area contributed by atoms with Gasteiger partial charge in [-0.15, -0.1) is 0 Å². The van der Waals surface area contributed by atoms with Crippen LogP contribution < -0.4 is 5.32 Å². The summed E-state index contributed by atoms with van der Waals surface area (Å²) in [5.74, 6) is -1.86. The smallest absolute Gasteiger partial charge is 0.326 e. The topological polar surface area (TPSA) is 98.8 Å². The molecule has 148 valence electrons. The van der Waals surface area contributed by atoms with E-state index in [1.807, 2.05) is 0 Å². The van der Waals surface area contributed by atoms with Crippen LogP contribution in [0.25, 0.3) is 0 Å². The van der Waals surface area contributed by atoms with Crippen LogP contribution in [-0.4, -0.2) is 45.1 Å². The van der Waals surface area contributed by atoms with Gasteiger partial charge in [0.1, 0.15) is 0 Å². The Morgan fingerprint density at radius 1 is 0.750 bits per heavy atom. The number of carbonyl (C=O) groups is 2. The Kier molecular flexibility index (Phi) is 5.81. The molecule has 8 heteroatoms. The Bertz CT molecular complexity index is 874. The molecular weight excluding hydrogens is 382 g/mol. The molecule has 1 aliphatic rings. The third-order valence-electron chi connectivity index (χ3n) is 4.86. The van der Waals surface area contributed by atoms with E-state index in [1.54, 1.807) is 60.7 Å². The van der Waals surface area contributed by atoms with Crippen molar-refractivity contribution in [1.82, 2.24) is 5.32 Å². The van der Waals surface area contributed by atoms with Gasteiger partial charge in [0.15, 0.2) is 20.3 Å². The van der Waals surface area contributed by atoms with E-state index >= 15 is 0 Å². The highest BCUT2D eigenvalue weighted by Gasteiger charge is 2.56. The molecule has 0 bridgehead atoms. The maximum absolute atomic E-state index is 13.4. The Balaban J connectivity index is 2.19. The summed E-state index contributed by atoms with van der Waals surface area (Å²) in [4.78, 5) is 24.9. The highest BCUT2D eigenvalue weighted by atomic mass is 32.2. The zero-order valence-electron chi connectivity index (χ0n) is 15.4. The van der Waals surface area contributed by atoms with E-state index in [4.69, 9.17) is 9.47 Å². The van der Waals surface area contributed by atoms with Crippen LogP contribution in [-0.2, 0) is 28.9 Å². The van der Waals surface area contributed by atoms with Crippen molar-refractivity contribution in [2.45, 2.75) is 22.6 Å². The quantitative estimate of drug-likeness (QED) is 0.774. The van der Waals surface area contributed by atoms with Crippen molar-refractivity contribution in [2.75, 3.05) is 14.2 Å². The lowest BCUT2D eigenvalue weighted by atomic mass is 9.97. The molecule has 0 aliphatic carbocycles. The minimum absolute atomic E-state index is 0.603. The van der Waals surface area contributed by atoms with Crippen LogP contribution in [0.1, 0.15) is 23.2 Å². The van der Waals surface area contributed by atoms with Gasteiger partial charge in [0.25, 0.3) is 0 Å². The molecule has 7 nitrogen and oxygen atoms in total. The van der Waals surface area contributed by atoms with Gasteiger partial charge in [-0.05, 0) is 11.1 Å². The molecule has 1 aliphatic heterocycles. The van der Waals surface area contributed by atoms with Crippen molar-refractivity contribution in [3.05, 3.63) is 71.8 Å². The van der Waals surface area contributed by atoms with Crippen LogP contribution in [0.2, 0.25) is 0 Å². The van der Waals surface area contributed by atoms with Crippen LogP contribution >= 0.6 is 0 Å². The van der Waals surface area contributed by atoms with Crippen molar-refractivity contribution < 1.29 is 27.5 Å². The molecule has 0 radical (unpaired) electrons. The number of methoxy groups -OCH3 is 2. The molecule has 0 aromatic heterocycles. The first-order valence-corrected chi connectivity index (χ1v) is 10.3. The third-order valence-corrected chi connectivity index (χ3v) is 7.20. The molecule has 0 saturated carbocycles. The van der Waals surface area contributed by atoms with Crippen molar-refractivity contribution in [3.63, 3.8) is 0 Å². The Morgan fingerprint density at radius 3 is 1.43 bits per heavy atom. The predicted molar refractivity (Wildman–Crippen MR) is 102 cm³/mol. The van der Waals surface area contributed by atoms with Gasteiger partial charge >= 0.3 is 11.9 Å². The fourth-order valence-electron chi connectivity index (χ4n) is 3.54. The number of sulfone groups is 1. The second-order valence-electron chi connectivity index (χ2n) is 6.42. The van der Waals surface area contributed by atoms with E-state index < -0.39 is 44.4 Å². The van der Waals surface area contributed by atoms with E-state index in [0.717, 1.165) is 14.2 Å². The maximum Gasteiger partial charge on any atom is 0.326 e. The van der Waals surface area contributed by atoms with Gasteiger partial charge in [-0.3, -0.25) is 14.9 Å². The first kappa shape index (κ1) is 20.0. The molecule has 2 aromatic carbocycles. The third kappa shape index (κ3) is 3.53. The number of hydrogen-bond acceptors (Lipinski definition) is 7. The van der Waals surface area contributed by atoms with E-state index in [0.29, 0.717) is 11.1 Å². The molecule has 1 heterocycles. The lowest BCUT2D eigenvalue weighted by Crippen LogP contribution is -2.59. The van der Waals surface area contributed by atoms with E-state index in [2.05, 4.69) is 5.32 Å². The maximum atomic E-state index is 13.4. The highest BCUT2D eigenvalue weighted by Crippen LogP contribution is 2.39. The Labute approximate surface area is 163 Å². The highest BCUT2D eigenvalue weighted by molar-refractivity contribution is 7.94. The number of ether oxygens (including phenoxy) is 2. The zero-order valence-corrected chi connectivity index (χ0v) is 16.3. The Hall–Kier alpha value is -2.71. The van der Waals surface area contributed by atoms with Gasteiger partial charge in [0.2, 0.25) is 0 Å². The molecule has 0 unspecified atom stereocenters. The molecule has 1 fully saturated rings. The second kappa shape index (κ2) is 8.12. The molecular formula is C20H21NO6S. The number of carbonyl (C=O) groups excluding carboxylic acids is 2. The minimum atomic E-state index is -4.29. The number of nitrogens with one attached hydrogen (secondary N) is 1. The molecule has 0 amide bonds. The summed E-state index contributed by atoms with van der Waals surface area (Å²) >= 11 is 0. The molecule has 28 heavy (non-hydrogen) atoms. The van der Waals surface area contributed by atoms with Gasteiger partial charge in [-0.25, -0.2) is 8.42 Å². The summed E-state index contributed by atoms with van der Waals surface area (Å²) in [6.45, 7) is 0. The first-order valence-electron chi connectivity index (χ1n) is 8.66. The van der Waals surface area contributed by atoms with Crippen molar-refractivity contribution in [3.8, 4) is 0 Å². The van der Waals surface area contributed by atoms with Crippen LogP contribution in [0.3, 0.4) is 0 Å². The largest absolute Gasteiger partial charge is 0.468 e.